The number of esters is 1. The minimum Gasteiger partial charge on any atom is -0.480 e. The average Bonchev–Trinajstić information content (AvgIpc) is 2.80. The summed E-state index contributed by atoms with van der Waals surface area (Å²) >= 11 is 5.16. The van der Waals surface area contributed by atoms with Crippen molar-refractivity contribution in [3.05, 3.63) is 29.7 Å². The van der Waals surface area contributed by atoms with Gasteiger partial charge in [0.1, 0.15) is 5.75 Å². The van der Waals surface area contributed by atoms with Crippen molar-refractivity contribution in [2.24, 2.45) is 0 Å². The summed E-state index contributed by atoms with van der Waals surface area (Å²) < 4.78 is 12.0. The number of carbonyl (C=O) groups is 3. The molecule has 9 heteroatoms. The van der Waals surface area contributed by atoms with E-state index >= 15 is 0 Å². The average molecular weight is 601 g/mol. The molecule has 26 heavy (non-hydrogen) atoms. The molecule has 1 aliphatic heterocycles. The van der Waals surface area contributed by atoms with E-state index in [-0.39, 0.29) is 23.8 Å². The maximum atomic E-state index is 12.4. The Morgan fingerprint density at radius 2 is 1.88 bits per heavy atom. The highest BCUT2D eigenvalue weighted by Crippen LogP contribution is 2.35. The summed E-state index contributed by atoms with van der Waals surface area (Å²) in [5, 5.41) is -0.255. The van der Waals surface area contributed by atoms with E-state index < -0.39 is 5.97 Å². The largest absolute Gasteiger partial charge is 0.480 e. The molecule has 1 saturated heterocycles. The standard InChI is InChI=1S/C17H17I2NO5S/c1-4-24-14(21)8-25-15-11(18)5-10(6-12(15)19)7-13-16(22)20(9(2)3)17(23)26-13/h5-7,9H,4,8H2,1-3H3/b13-7-. The monoisotopic (exact) mass is 601 g/mol. The Morgan fingerprint density at radius 3 is 2.38 bits per heavy atom. The minimum atomic E-state index is -0.425. The predicted molar refractivity (Wildman–Crippen MR) is 117 cm³/mol. The number of nitrogens with zero attached hydrogens (tertiary/aromatic N) is 1. The number of hydrogen-bond donors (Lipinski definition) is 0. The van der Waals surface area contributed by atoms with Crippen LogP contribution in [-0.4, -0.2) is 41.3 Å². The highest BCUT2D eigenvalue weighted by atomic mass is 127. The van der Waals surface area contributed by atoms with E-state index in [4.69, 9.17) is 9.47 Å². The zero-order chi connectivity index (χ0) is 19.4. The minimum absolute atomic E-state index is 0.160. The molecule has 0 saturated carbocycles. The molecule has 6 nitrogen and oxygen atoms in total. The van der Waals surface area contributed by atoms with E-state index in [0.717, 1.165) is 24.5 Å². The molecule has 1 heterocycles. The van der Waals surface area contributed by atoms with Gasteiger partial charge >= 0.3 is 5.97 Å². The van der Waals surface area contributed by atoms with Crippen LogP contribution in [0.1, 0.15) is 26.3 Å². The number of ether oxygens (including phenoxy) is 2. The van der Waals surface area contributed by atoms with Crippen LogP contribution < -0.4 is 4.74 Å². The zero-order valence-electron chi connectivity index (χ0n) is 14.4. The molecule has 0 spiro atoms. The number of benzene rings is 1. The molecule has 0 aromatic heterocycles. The fourth-order valence-corrected chi connectivity index (χ4v) is 5.30. The lowest BCUT2D eigenvalue weighted by molar-refractivity contribution is -0.145. The number of amides is 2. The number of rotatable bonds is 6. The van der Waals surface area contributed by atoms with Gasteiger partial charge in [0.25, 0.3) is 11.1 Å². The topological polar surface area (TPSA) is 72.9 Å². The van der Waals surface area contributed by atoms with E-state index in [1.807, 2.05) is 12.1 Å². The third-order valence-electron chi connectivity index (χ3n) is 3.30. The van der Waals surface area contributed by atoms with Crippen molar-refractivity contribution in [3.8, 4) is 5.75 Å². The summed E-state index contributed by atoms with van der Waals surface area (Å²) in [5.41, 5.74) is 0.788. The molecule has 0 unspecified atom stereocenters. The van der Waals surface area contributed by atoms with E-state index in [9.17, 15) is 14.4 Å². The van der Waals surface area contributed by atoms with Gasteiger partial charge in [0.2, 0.25) is 0 Å². The summed E-state index contributed by atoms with van der Waals surface area (Å²) in [6.07, 6.45) is 1.70. The molecule has 1 aromatic rings. The summed E-state index contributed by atoms with van der Waals surface area (Å²) in [4.78, 5) is 37.5. The highest BCUT2D eigenvalue weighted by Gasteiger charge is 2.36. The lowest BCUT2D eigenvalue weighted by Crippen LogP contribution is -2.34. The van der Waals surface area contributed by atoms with Crippen LogP contribution in [0.4, 0.5) is 4.79 Å². The second kappa shape index (κ2) is 9.40. The highest BCUT2D eigenvalue weighted by molar-refractivity contribution is 14.1. The van der Waals surface area contributed by atoms with Gasteiger partial charge in [-0.1, -0.05) is 0 Å². The van der Waals surface area contributed by atoms with E-state index in [1.165, 1.54) is 4.90 Å². The van der Waals surface area contributed by atoms with Gasteiger partial charge in [0.15, 0.2) is 6.61 Å². The Morgan fingerprint density at radius 1 is 1.27 bits per heavy atom. The second-order valence-corrected chi connectivity index (χ2v) is 8.87. The van der Waals surface area contributed by atoms with Gasteiger partial charge in [0.05, 0.1) is 18.7 Å². The summed E-state index contributed by atoms with van der Waals surface area (Å²) in [6, 6.07) is 3.51. The van der Waals surface area contributed by atoms with Gasteiger partial charge < -0.3 is 9.47 Å². The number of imide groups is 1. The molecular formula is C17H17I2NO5S. The van der Waals surface area contributed by atoms with E-state index in [1.54, 1.807) is 26.8 Å². The quantitative estimate of drug-likeness (QED) is 0.276. The molecule has 1 aromatic carbocycles. The van der Waals surface area contributed by atoms with Crippen molar-refractivity contribution in [2.45, 2.75) is 26.8 Å². The Bertz CT molecular complexity index is 755. The van der Waals surface area contributed by atoms with Crippen molar-refractivity contribution in [1.82, 2.24) is 4.90 Å². The first kappa shape index (κ1) is 21.5. The second-order valence-electron chi connectivity index (χ2n) is 5.55. The molecule has 140 valence electrons. The zero-order valence-corrected chi connectivity index (χ0v) is 19.5. The van der Waals surface area contributed by atoms with Crippen LogP contribution >= 0.6 is 56.9 Å². The first-order valence-electron chi connectivity index (χ1n) is 7.79. The number of halogens is 2. The SMILES string of the molecule is CCOC(=O)COc1c(I)cc(/C=C2\SC(=O)N(C(C)C)C2=O)cc1I. The lowest BCUT2D eigenvalue weighted by atomic mass is 10.2. The van der Waals surface area contributed by atoms with Crippen LogP contribution in [-0.2, 0) is 14.3 Å². The molecule has 0 atom stereocenters. The molecule has 2 amide bonds. The molecule has 2 rings (SSSR count). The lowest BCUT2D eigenvalue weighted by Gasteiger charge is -2.16. The van der Waals surface area contributed by atoms with Crippen LogP contribution in [0.15, 0.2) is 17.0 Å². The summed E-state index contributed by atoms with van der Waals surface area (Å²) in [6.45, 7) is 5.50. The van der Waals surface area contributed by atoms with Crippen LogP contribution in [0.25, 0.3) is 6.08 Å². The molecule has 0 bridgehead atoms. The molecule has 1 fully saturated rings. The smallest absolute Gasteiger partial charge is 0.344 e. The molecular weight excluding hydrogens is 584 g/mol. The van der Waals surface area contributed by atoms with Crippen molar-refractivity contribution in [3.63, 3.8) is 0 Å². The number of carbonyl (C=O) groups excluding carboxylic acids is 3. The van der Waals surface area contributed by atoms with E-state index in [2.05, 4.69) is 45.2 Å². The first-order chi connectivity index (χ1) is 12.2. The Kier molecular flexibility index (Phi) is 7.76. The number of thioether (sulfide) groups is 1. The molecule has 0 radical (unpaired) electrons. The van der Waals surface area contributed by atoms with Gasteiger partial charge in [-0.25, -0.2) is 4.79 Å². The third-order valence-corrected chi connectivity index (χ3v) is 5.78. The molecule has 1 aliphatic rings. The van der Waals surface area contributed by atoms with Crippen molar-refractivity contribution in [1.29, 1.82) is 0 Å². The fourth-order valence-electron chi connectivity index (χ4n) is 2.21. The Balaban J connectivity index is 2.21. The summed E-state index contributed by atoms with van der Waals surface area (Å²) in [7, 11) is 0. The fraction of sp³-hybridized carbons (Fsp3) is 0.353. The van der Waals surface area contributed by atoms with Gasteiger partial charge in [-0.2, -0.15) is 0 Å². The van der Waals surface area contributed by atoms with Crippen LogP contribution in [0, 0.1) is 7.14 Å². The van der Waals surface area contributed by atoms with Gasteiger partial charge in [-0.3, -0.25) is 14.5 Å². The first-order valence-corrected chi connectivity index (χ1v) is 10.8. The summed E-state index contributed by atoms with van der Waals surface area (Å²) in [5.74, 6) is -0.111. The van der Waals surface area contributed by atoms with Crippen LogP contribution in [0.2, 0.25) is 0 Å². The van der Waals surface area contributed by atoms with Gasteiger partial charge in [-0.15, -0.1) is 0 Å². The molecule has 0 N–H and O–H groups in total. The maximum Gasteiger partial charge on any atom is 0.344 e. The van der Waals surface area contributed by atoms with Gasteiger partial charge in [-0.05, 0) is 101 Å². The van der Waals surface area contributed by atoms with Crippen LogP contribution in [0.5, 0.6) is 5.75 Å². The van der Waals surface area contributed by atoms with Gasteiger partial charge in [0, 0.05) is 6.04 Å². The maximum absolute atomic E-state index is 12.4. The van der Waals surface area contributed by atoms with E-state index in [0.29, 0.717) is 17.3 Å². The Labute approximate surface area is 183 Å². The predicted octanol–water partition coefficient (Wildman–Crippen LogP) is 4.28. The van der Waals surface area contributed by atoms with Crippen LogP contribution in [0.3, 0.4) is 0 Å². The molecule has 0 aliphatic carbocycles. The third kappa shape index (κ3) is 5.12. The Hall–Kier alpha value is -0.820. The van der Waals surface area contributed by atoms with Crippen molar-refractivity contribution in [2.75, 3.05) is 13.2 Å². The normalized spacial score (nSPS) is 15.9. The van der Waals surface area contributed by atoms with Crippen molar-refractivity contribution < 1.29 is 23.9 Å². The number of hydrogen-bond acceptors (Lipinski definition) is 6. The van der Waals surface area contributed by atoms with Crippen molar-refractivity contribution >= 4 is 80.1 Å².